The van der Waals surface area contributed by atoms with Gasteiger partial charge in [-0.15, -0.1) is 0 Å². The summed E-state index contributed by atoms with van der Waals surface area (Å²) in [6.45, 7) is 1.77. The first-order valence-electron chi connectivity index (χ1n) is 6.15. The lowest BCUT2D eigenvalue weighted by molar-refractivity contribution is 0.399. The van der Waals surface area contributed by atoms with Crippen LogP contribution in [0.5, 0.6) is 5.88 Å². The molecule has 2 heterocycles. The highest BCUT2D eigenvalue weighted by atomic mass is 16.5. The Hall–Kier alpha value is -2.31. The highest BCUT2D eigenvalue weighted by Crippen LogP contribution is 2.23. The van der Waals surface area contributed by atoms with E-state index in [1.807, 2.05) is 12.5 Å². The first-order chi connectivity index (χ1) is 9.31. The zero-order chi connectivity index (χ0) is 13.5. The van der Waals surface area contributed by atoms with Crippen molar-refractivity contribution >= 4 is 11.5 Å². The van der Waals surface area contributed by atoms with E-state index >= 15 is 0 Å². The summed E-state index contributed by atoms with van der Waals surface area (Å²) in [6, 6.07) is 0. The van der Waals surface area contributed by atoms with Gasteiger partial charge in [0, 0.05) is 25.5 Å². The fourth-order valence-electron chi connectivity index (χ4n) is 1.73. The third-order valence-corrected chi connectivity index (χ3v) is 2.74. The van der Waals surface area contributed by atoms with Crippen LogP contribution in [0.3, 0.4) is 0 Å². The molecule has 0 spiro atoms. The molecule has 0 amide bonds. The van der Waals surface area contributed by atoms with Crippen LogP contribution in [0, 0.1) is 0 Å². The minimum Gasteiger partial charge on any atom is -0.479 e. The number of hydrogen-bond donors (Lipinski definition) is 2. The average molecular weight is 262 g/mol. The summed E-state index contributed by atoms with van der Waals surface area (Å²) in [7, 11) is 1.54. The molecule has 0 saturated heterocycles. The maximum Gasteiger partial charge on any atom is 0.242 e. The molecule has 0 saturated carbocycles. The van der Waals surface area contributed by atoms with Gasteiger partial charge < -0.3 is 20.4 Å². The van der Waals surface area contributed by atoms with E-state index in [0.29, 0.717) is 17.4 Å². The van der Waals surface area contributed by atoms with Crippen LogP contribution >= 0.6 is 0 Å². The summed E-state index contributed by atoms with van der Waals surface area (Å²) in [6.07, 6.45) is 9.08. The number of nitrogens with zero attached hydrogens (tertiary/aromatic N) is 4. The van der Waals surface area contributed by atoms with Gasteiger partial charge in [0.2, 0.25) is 5.88 Å². The average Bonchev–Trinajstić information content (AvgIpc) is 2.93. The van der Waals surface area contributed by atoms with Crippen LogP contribution in [0.4, 0.5) is 11.5 Å². The minimum absolute atomic E-state index is 0.399. The topological polar surface area (TPSA) is 90.9 Å². The number of nitrogens with two attached hydrogens (primary N) is 1. The Balaban J connectivity index is 1.73. The number of nitrogens with one attached hydrogen (secondary N) is 1. The molecule has 0 atom stereocenters. The lowest BCUT2D eigenvalue weighted by Crippen LogP contribution is -2.08. The maximum absolute atomic E-state index is 5.86. The fraction of sp³-hybridized carbons (Fsp3) is 0.417. The van der Waals surface area contributed by atoms with Gasteiger partial charge in [-0.1, -0.05) is 0 Å². The summed E-state index contributed by atoms with van der Waals surface area (Å²) < 4.78 is 7.09. The zero-order valence-electron chi connectivity index (χ0n) is 10.9. The molecule has 2 aromatic heterocycles. The van der Waals surface area contributed by atoms with Crippen molar-refractivity contribution in [3.05, 3.63) is 25.0 Å². The number of nitrogen functional groups attached to an aromatic ring is 1. The molecule has 0 aliphatic carbocycles. The molecule has 0 fully saturated rings. The summed E-state index contributed by atoms with van der Waals surface area (Å²) >= 11 is 0. The predicted octanol–water partition coefficient (Wildman–Crippen LogP) is 1.16. The van der Waals surface area contributed by atoms with Gasteiger partial charge in [-0.3, -0.25) is 0 Å². The molecule has 0 aliphatic heterocycles. The molecule has 0 aliphatic rings. The van der Waals surface area contributed by atoms with E-state index < -0.39 is 0 Å². The van der Waals surface area contributed by atoms with Crippen LogP contribution in [-0.2, 0) is 6.54 Å². The largest absolute Gasteiger partial charge is 0.479 e. The molecule has 0 aromatic carbocycles. The quantitative estimate of drug-likeness (QED) is 0.727. The number of aromatic nitrogens is 4. The monoisotopic (exact) mass is 262 g/mol. The first kappa shape index (κ1) is 13.1. The van der Waals surface area contributed by atoms with Crippen molar-refractivity contribution in [2.45, 2.75) is 19.4 Å². The Morgan fingerprint density at radius 1 is 1.37 bits per heavy atom. The van der Waals surface area contributed by atoms with Crippen LogP contribution in [0.1, 0.15) is 12.8 Å². The lowest BCUT2D eigenvalue weighted by Gasteiger charge is -2.10. The summed E-state index contributed by atoms with van der Waals surface area (Å²) in [5.41, 5.74) is 6.30. The van der Waals surface area contributed by atoms with Crippen LogP contribution in [-0.4, -0.2) is 33.2 Å². The van der Waals surface area contributed by atoms with Gasteiger partial charge in [-0.2, -0.15) is 4.98 Å². The standard InChI is InChI=1S/C12H18N6O/c1-19-12-10(13)11(16-8-17-12)15-4-2-3-6-18-7-5-14-9-18/h5,7-9H,2-4,6,13H2,1H3,(H,15,16,17). The number of anilines is 2. The third kappa shape index (κ3) is 3.57. The molecule has 0 unspecified atom stereocenters. The van der Waals surface area contributed by atoms with Gasteiger partial charge in [0.05, 0.1) is 13.4 Å². The maximum atomic E-state index is 5.86. The predicted molar refractivity (Wildman–Crippen MR) is 72.9 cm³/mol. The van der Waals surface area contributed by atoms with E-state index in [2.05, 4.69) is 24.8 Å². The summed E-state index contributed by atoms with van der Waals surface area (Å²) in [5.74, 6) is 1.02. The lowest BCUT2D eigenvalue weighted by atomic mass is 10.3. The normalized spacial score (nSPS) is 10.4. The number of ether oxygens (including phenoxy) is 1. The van der Waals surface area contributed by atoms with Crippen LogP contribution in [0.15, 0.2) is 25.0 Å². The molecule has 2 aromatic rings. The zero-order valence-corrected chi connectivity index (χ0v) is 10.9. The van der Waals surface area contributed by atoms with Crippen LogP contribution in [0.25, 0.3) is 0 Å². The van der Waals surface area contributed by atoms with E-state index in [1.165, 1.54) is 13.4 Å². The van der Waals surface area contributed by atoms with Gasteiger partial charge >= 0.3 is 0 Å². The second-order valence-electron chi connectivity index (χ2n) is 4.08. The third-order valence-electron chi connectivity index (χ3n) is 2.74. The Bertz CT molecular complexity index is 499. The Morgan fingerprint density at radius 2 is 2.26 bits per heavy atom. The summed E-state index contributed by atoms with van der Waals surface area (Å²) in [4.78, 5) is 12.0. The minimum atomic E-state index is 0.399. The number of aryl methyl sites for hydroxylation is 1. The van der Waals surface area contributed by atoms with Crippen molar-refractivity contribution in [3.63, 3.8) is 0 Å². The number of imidazole rings is 1. The molecule has 0 bridgehead atoms. The molecule has 7 nitrogen and oxygen atoms in total. The highest BCUT2D eigenvalue weighted by Gasteiger charge is 2.06. The molecular weight excluding hydrogens is 244 g/mol. The number of methoxy groups -OCH3 is 1. The second kappa shape index (κ2) is 6.58. The molecule has 19 heavy (non-hydrogen) atoms. The second-order valence-corrected chi connectivity index (χ2v) is 4.08. The van der Waals surface area contributed by atoms with E-state index in [1.54, 1.807) is 6.20 Å². The SMILES string of the molecule is COc1ncnc(NCCCCn2ccnc2)c1N. The summed E-state index contributed by atoms with van der Waals surface area (Å²) in [5, 5.41) is 3.19. The highest BCUT2D eigenvalue weighted by molar-refractivity contribution is 5.66. The van der Waals surface area contributed by atoms with E-state index in [9.17, 15) is 0 Å². The number of unbranched alkanes of at least 4 members (excludes halogenated alkanes) is 1. The van der Waals surface area contributed by atoms with Crippen molar-refractivity contribution in [3.8, 4) is 5.88 Å². The molecular formula is C12H18N6O. The Morgan fingerprint density at radius 3 is 3.00 bits per heavy atom. The molecule has 3 N–H and O–H groups in total. The van der Waals surface area contributed by atoms with E-state index in [-0.39, 0.29) is 0 Å². The van der Waals surface area contributed by atoms with Crippen molar-refractivity contribution in [1.29, 1.82) is 0 Å². The van der Waals surface area contributed by atoms with Crippen molar-refractivity contribution in [2.75, 3.05) is 24.7 Å². The number of rotatable bonds is 7. The van der Waals surface area contributed by atoms with E-state index in [4.69, 9.17) is 10.5 Å². The van der Waals surface area contributed by atoms with Crippen molar-refractivity contribution < 1.29 is 4.74 Å². The van der Waals surface area contributed by atoms with Gasteiger partial charge in [0.1, 0.15) is 12.0 Å². The van der Waals surface area contributed by atoms with Crippen molar-refractivity contribution in [2.24, 2.45) is 0 Å². The van der Waals surface area contributed by atoms with Gasteiger partial charge in [-0.05, 0) is 12.8 Å². The molecule has 7 heteroatoms. The molecule has 0 radical (unpaired) electrons. The fourth-order valence-corrected chi connectivity index (χ4v) is 1.73. The first-order valence-corrected chi connectivity index (χ1v) is 6.15. The van der Waals surface area contributed by atoms with Gasteiger partial charge in [0.25, 0.3) is 0 Å². The van der Waals surface area contributed by atoms with Gasteiger partial charge in [0.15, 0.2) is 5.82 Å². The molecule has 2 rings (SSSR count). The smallest absolute Gasteiger partial charge is 0.242 e. The Labute approximate surface area is 111 Å². The molecule has 102 valence electrons. The Kier molecular flexibility index (Phi) is 4.54. The van der Waals surface area contributed by atoms with E-state index in [0.717, 1.165) is 25.9 Å². The van der Waals surface area contributed by atoms with Crippen molar-refractivity contribution in [1.82, 2.24) is 19.5 Å². The van der Waals surface area contributed by atoms with Gasteiger partial charge in [-0.25, -0.2) is 9.97 Å². The van der Waals surface area contributed by atoms with Crippen LogP contribution < -0.4 is 15.8 Å². The number of hydrogen-bond acceptors (Lipinski definition) is 6. The van der Waals surface area contributed by atoms with Crippen LogP contribution in [0.2, 0.25) is 0 Å².